The molecule has 30 heavy (non-hydrogen) atoms. The molecule has 0 heterocycles. The summed E-state index contributed by atoms with van der Waals surface area (Å²) in [6.45, 7) is 5.76. The summed E-state index contributed by atoms with van der Waals surface area (Å²) in [6.07, 6.45) is -0.474. The number of carbonyl (C=O) groups is 2. The quantitative estimate of drug-likeness (QED) is 0.644. The average molecular weight is 401 g/mol. The Labute approximate surface area is 175 Å². The van der Waals surface area contributed by atoms with Gasteiger partial charge < -0.3 is 15.4 Å². The third-order valence-corrected chi connectivity index (χ3v) is 4.28. The summed E-state index contributed by atoms with van der Waals surface area (Å²) in [5, 5.41) is 16.4. The fraction of sp³-hybridized carbons (Fsp3) is 0.208. The van der Waals surface area contributed by atoms with Gasteiger partial charge in [0.05, 0.1) is 11.6 Å². The van der Waals surface area contributed by atoms with Crippen molar-refractivity contribution in [1.82, 2.24) is 5.32 Å². The van der Waals surface area contributed by atoms with Gasteiger partial charge in [0.2, 0.25) is 0 Å². The Morgan fingerprint density at radius 1 is 0.967 bits per heavy atom. The highest BCUT2D eigenvalue weighted by Gasteiger charge is 2.15. The monoisotopic (exact) mass is 401 g/mol. The van der Waals surface area contributed by atoms with Gasteiger partial charge in [-0.05, 0) is 73.5 Å². The number of ether oxygens (including phenoxy) is 1. The van der Waals surface area contributed by atoms with Crippen molar-refractivity contribution < 1.29 is 14.3 Å². The van der Waals surface area contributed by atoms with Gasteiger partial charge in [0.15, 0.2) is 0 Å². The first-order chi connectivity index (χ1) is 14.2. The van der Waals surface area contributed by atoms with Crippen LogP contribution in [-0.2, 0) is 11.3 Å². The predicted octanol–water partition coefficient (Wildman–Crippen LogP) is 4.99. The van der Waals surface area contributed by atoms with E-state index in [0.29, 0.717) is 23.4 Å². The molecule has 152 valence electrons. The molecule has 0 fully saturated rings. The molecule has 0 aliphatic rings. The molecule has 0 unspecified atom stereocenters. The number of hydrogen-bond acceptors (Lipinski definition) is 4. The van der Waals surface area contributed by atoms with Crippen molar-refractivity contribution in [3.8, 4) is 6.07 Å². The van der Waals surface area contributed by atoms with Crippen molar-refractivity contribution in [3.05, 3.63) is 77.4 Å². The predicted molar refractivity (Wildman–Crippen MR) is 116 cm³/mol. The second kappa shape index (κ2) is 8.66. The number of nitrogens with zero attached hydrogens (tertiary/aromatic N) is 1. The van der Waals surface area contributed by atoms with E-state index in [2.05, 4.69) is 16.7 Å². The van der Waals surface area contributed by atoms with E-state index in [1.165, 1.54) is 0 Å². The van der Waals surface area contributed by atoms with E-state index in [-0.39, 0.29) is 5.91 Å². The molecule has 0 radical (unpaired) electrons. The second-order valence-corrected chi connectivity index (χ2v) is 7.90. The van der Waals surface area contributed by atoms with Gasteiger partial charge in [-0.3, -0.25) is 4.79 Å². The van der Waals surface area contributed by atoms with Gasteiger partial charge in [-0.25, -0.2) is 4.79 Å². The van der Waals surface area contributed by atoms with Crippen LogP contribution in [0.25, 0.3) is 10.8 Å². The molecular weight excluding hydrogens is 378 g/mol. The Morgan fingerprint density at radius 2 is 1.63 bits per heavy atom. The van der Waals surface area contributed by atoms with Gasteiger partial charge in [0, 0.05) is 17.8 Å². The van der Waals surface area contributed by atoms with Crippen molar-refractivity contribution >= 4 is 28.5 Å². The second-order valence-electron chi connectivity index (χ2n) is 7.90. The SMILES string of the molecule is CC(C)(C)OC(=O)NCc1ccc(NC(=O)c2ccc3cc(C#N)ccc3c2)cc1. The van der Waals surface area contributed by atoms with Crippen LogP contribution in [-0.4, -0.2) is 17.6 Å². The maximum absolute atomic E-state index is 12.6. The van der Waals surface area contributed by atoms with Crippen LogP contribution in [0.5, 0.6) is 0 Å². The minimum Gasteiger partial charge on any atom is -0.444 e. The first-order valence-electron chi connectivity index (χ1n) is 9.54. The Balaban J connectivity index is 1.61. The first kappa shape index (κ1) is 20.9. The van der Waals surface area contributed by atoms with E-state index in [1.807, 2.05) is 45.0 Å². The Bertz CT molecular complexity index is 1120. The van der Waals surface area contributed by atoms with Gasteiger partial charge in [0.25, 0.3) is 5.91 Å². The molecule has 6 nitrogen and oxygen atoms in total. The van der Waals surface area contributed by atoms with Gasteiger partial charge in [-0.15, -0.1) is 0 Å². The number of fused-ring (bicyclic) bond motifs is 1. The number of carbonyl (C=O) groups excluding carboxylic acids is 2. The smallest absolute Gasteiger partial charge is 0.407 e. The molecular formula is C24H23N3O3. The zero-order chi connectivity index (χ0) is 21.7. The van der Waals surface area contributed by atoms with E-state index in [9.17, 15) is 9.59 Å². The fourth-order valence-electron chi connectivity index (χ4n) is 2.85. The molecule has 0 aliphatic heterocycles. The van der Waals surface area contributed by atoms with Gasteiger partial charge in [0.1, 0.15) is 5.60 Å². The molecule has 0 aliphatic carbocycles. The highest BCUT2D eigenvalue weighted by Crippen LogP contribution is 2.19. The Morgan fingerprint density at radius 3 is 2.30 bits per heavy atom. The number of amides is 2. The van der Waals surface area contributed by atoms with Crippen LogP contribution in [0.2, 0.25) is 0 Å². The van der Waals surface area contributed by atoms with Crippen molar-refractivity contribution in [2.45, 2.75) is 32.9 Å². The summed E-state index contributed by atoms with van der Waals surface area (Å²) < 4.78 is 5.21. The zero-order valence-corrected chi connectivity index (χ0v) is 17.2. The molecule has 0 aromatic heterocycles. The molecule has 3 aromatic rings. The van der Waals surface area contributed by atoms with Crippen LogP contribution in [0.1, 0.15) is 42.3 Å². The number of nitriles is 1. The van der Waals surface area contributed by atoms with Crippen molar-refractivity contribution in [1.29, 1.82) is 5.26 Å². The first-order valence-corrected chi connectivity index (χ1v) is 9.54. The molecule has 0 saturated carbocycles. The molecule has 2 N–H and O–H groups in total. The maximum atomic E-state index is 12.6. The van der Waals surface area contributed by atoms with Crippen LogP contribution in [0.4, 0.5) is 10.5 Å². The molecule has 3 rings (SSSR count). The van der Waals surface area contributed by atoms with Crippen LogP contribution in [0, 0.1) is 11.3 Å². The van der Waals surface area contributed by atoms with Crippen LogP contribution in [0.15, 0.2) is 60.7 Å². The lowest BCUT2D eigenvalue weighted by molar-refractivity contribution is 0.0523. The van der Waals surface area contributed by atoms with Gasteiger partial charge in [-0.2, -0.15) is 5.26 Å². The van der Waals surface area contributed by atoms with Crippen molar-refractivity contribution in [2.75, 3.05) is 5.32 Å². The molecule has 0 bridgehead atoms. The molecule has 0 atom stereocenters. The fourth-order valence-corrected chi connectivity index (χ4v) is 2.85. The number of hydrogen-bond donors (Lipinski definition) is 2. The number of alkyl carbamates (subject to hydrolysis) is 1. The van der Waals surface area contributed by atoms with Gasteiger partial charge >= 0.3 is 6.09 Å². The normalized spacial score (nSPS) is 10.9. The summed E-state index contributed by atoms with van der Waals surface area (Å²) in [6, 6.07) is 20.0. The van der Waals surface area contributed by atoms with Crippen LogP contribution >= 0.6 is 0 Å². The van der Waals surface area contributed by atoms with Crippen molar-refractivity contribution in [3.63, 3.8) is 0 Å². The number of nitrogens with one attached hydrogen (secondary N) is 2. The summed E-state index contributed by atoms with van der Waals surface area (Å²) in [4.78, 5) is 24.3. The molecule has 2 amide bonds. The largest absolute Gasteiger partial charge is 0.444 e. The van der Waals surface area contributed by atoms with Crippen LogP contribution in [0.3, 0.4) is 0 Å². The minimum absolute atomic E-state index is 0.221. The third kappa shape index (κ3) is 5.58. The van der Waals surface area contributed by atoms with E-state index in [0.717, 1.165) is 16.3 Å². The minimum atomic E-state index is -0.543. The summed E-state index contributed by atoms with van der Waals surface area (Å²) >= 11 is 0. The lowest BCUT2D eigenvalue weighted by Gasteiger charge is -2.19. The summed E-state index contributed by atoms with van der Waals surface area (Å²) in [5.74, 6) is -0.221. The Kier molecular flexibility index (Phi) is 6.03. The maximum Gasteiger partial charge on any atom is 0.407 e. The van der Waals surface area contributed by atoms with E-state index >= 15 is 0 Å². The molecule has 3 aromatic carbocycles. The molecule has 0 spiro atoms. The van der Waals surface area contributed by atoms with E-state index < -0.39 is 11.7 Å². The topological polar surface area (TPSA) is 91.2 Å². The lowest BCUT2D eigenvalue weighted by Crippen LogP contribution is -2.32. The van der Waals surface area contributed by atoms with E-state index in [4.69, 9.17) is 10.00 Å². The summed E-state index contributed by atoms with van der Waals surface area (Å²) in [7, 11) is 0. The third-order valence-electron chi connectivity index (χ3n) is 4.28. The zero-order valence-electron chi connectivity index (χ0n) is 17.2. The highest BCUT2D eigenvalue weighted by atomic mass is 16.6. The Hall–Kier alpha value is -3.85. The van der Waals surface area contributed by atoms with Crippen LogP contribution < -0.4 is 10.6 Å². The molecule has 0 saturated heterocycles. The van der Waals surface area contributed by atoms with Gasteiger partial charge in [-0.1, -0.05) is 24.3 Å². The standard InChI is InChI=1S/C24H23N3O3/c1-24(2,3)30-23(29)26-15-16-5-10-21(11-6-16)27-22(28)20-9-8-18-12-17(14-25)4-7-19(18)13-20/h4-13H,15H2,1-3H3,(H,26,29)(H,27,28). The average Bonchev–Trinajstić information content (AvgIpc) is 2.71. The molecule has 6 heteroatoms. The highest BCUT2D eigenvalue weighted by molar-refractivity contribution is 6.06. The number of benzene rings is 3. The number of rotatable bonds is 4. The van der Waals surface area contributed by atoms with Crippen molar-refractivity contribution in [2.24, 2.45) is 0 Å². The van der Waals surface area contributed by atoms with E-state index in [1.54, 1.807) is 36.4 Å². The summed E-state index contributed by atoms with van der Waals surface area (Å²) in [5.41, 5.74) is 2.11. The lowest BCUT2D eigenvalue weighted by atomic mass is 10.0. The number of anilines is 1.